The maximum Gasteiger partial charge on any atom is 0.224 e. The molecule has 4 heteroatoms. The summed E-state index contributed by atoms with van der Waals surface area (Å²) >= 11 is 0. The van der Waals surface area contributed by atoms with E-state index in [9.17, 15) is 9.18 Å². The summed E-state index contributed by atoms with van der Waals surface area (Å²) < 4.78 is 13.0. The topological polar surface area (TPSA) is 41.1 Å². The highest BCUT2D eigenvalue weighted by Crippen LogP contribution is 2.26. The van der Waals surface area contributed by atoms with E-state index in [4.69, 9.17) is 0 Å². The van der Waals surface area contributed by atoms with Crippen LogP contribution in [0.2, 0.25) is 0 Å². The summed E-state index contributed by atoms with van der Waals surface area (Å²) in [6.07, 6.45) is 2.40. The van der Waals surface area contributed by atoms with Crippen LogP contribution in [0.1, 0.15) is 25.3 Å². The Kier molecular flexibility index (Phi) is 4.53. The first-order valence-corrected chi connectivity index (χ1v) is 6.79. The van der Waals surface area contributed by atoms with Gasteiger partial charge in [-0.05, 0) is 49.0 Å². The lowest BCUT2D eigenvalue weighted by atomic mass is 9.81. The lowest BCUT2D eigenvalue weighted by Crippen LogP contribution is -2.43. The van der Waals surface area contributed by atoms with Gasteiger partial charge in [-0.15, -0.1) is 0 Å². The summed E-state index contributed by atoms with van der Waals surface area (Å²) in [7, 11) is 0. The maximum absolute atomic E-state index is 13.0. The van der Waals surface area contributed by atoms with E-state index in [2.05, 4.69) is 17.6 Å². The Labute approximate surface area is 113 Å². The van der Waals surface area contributed by atoms with Crippen LogP contribution in [0.3, 0.4) is 0 Å². The number of halogens is 1. The van der Waals surface area contributed by atoms with Gasteiger partial charge in [0, 0.05) is 6.54 Å². The van der Waals surface area contributed by atoms with Gasteiger partial charge in [-0.2, -0.15) is 0 Å². The molecule has 1 aliphatic heterocycles. The summed E-state index contributed by atoms with van der Waals surface area (Å²) in [5.74, 6) is -0.332. The van der Waals surface area contributed by atoms with Gasteiger partial charge in [-0.3, -0.25) is 4.79 Å². The lowest BCUT2D eigenvalue weighted by Gasteiger charge is -2.34. The zero-order chi connectivity index (χ0) is 13.7. The number of amides is 1. The van der Waals surface area contributed by atoms with E-state index < -0.39 is 0 Å². The molecule has 1 saturated heterocycles. The van der Waals surface area contributed by atoms with Crippen molar-refractivity contribution in [3.8, 4) is 0 Å². The molecular weight excluding hydrogens is 243 g/mol. The standard InChI is InChI=1S/C15H21FN2O/c1-15(5-7-17-8-6-15)11-18-14(19)10-12-3-2-4-13(16)9-12/h2-4,9,17H,5-8,10-11H2,1H3,(H,18,19). The molecule has 0 radical (unpaired) electrons. The lowest BCUT2D eigenvalue weighted by molar-refractivity contribution is -0.121. The second-order valence-electron chi connectivity index (χ2n) is 5.64. The molecule has 1 aromatic carbocycles. The van der Waals surface area contributed by atoms with E-state index in [0.717, 1.165) is 25.9 Å². The summed E-state index contributed by atoms with van der Waals surface area (Å²) in [6.45, 7) is 4.92. The minimum atomic E-state index is -0.296. The van der Waals surface area contributed by atoms with Crippen molar-refractivity contribution in [1.29, 1.82) is 0 Å². The summed E-state index contributed by atoms with van der Waals surface area (Å²) in [4.78, 5) is 11.9. The average molecular weight is 264 g/mol. The molecule has 0 spiro atoms. The van der Waals surface area contributed by atoms with Crippen LogP contribution in [0, 0.1) is 11.2 Å². The molecular formula is C15H21FN2O. The molecule has 0 bridgehead atoms. The Hall–Kier alpha value is -1.42. The number of hydrogen-bond acceptors (Lipinski definition) is 2. The summed E-state index contributed by atoms with van der Waals surface area (Å²) in [5, 5.41) is 6.29. The van der Waals surface area contributed by atoms with Gasteiger partial charge in [0.15, 0.2) is 0 Å². The van der Waals surface area contributed by atoms with Crippen molar-refractivity contribution in [1.82, 2.24) is 10.6 Å². The molecule has 1 fully saturated rings. The molecule has 0 unspecified atom stereocenters. The molecule has 1 heterocycles. The van der Waals surface area contributed by atoms with E-state index in [1.807, 2.05) is 0 Å². The van der Waals surface area contributed by atoms with E-state index >= 15 is 0 Å². The maximum atomic E-state index is 13.0. The third-order valence-corrected chi connectivity index (χ3v) is 3.78. The van der Waals surface area contributed by atoms with Gasteiger partial charge in [0.05, 0.1) is 6.42 Å². The average Bonchev–Trinajstić information content (AvgIpc) is 2.38. The van der Waals surface area contributed by atoms with Gasteiger partial charge in [-0.25, -0.2) is 4.39 Å². The Bertz CT molecular complexity index is 442. The number of rotatable bonds is 4. The van der Waals surface area contributed by atoms with Crippen molar-refractivity contribution >= 4 is 5.91 Å². The van der Waals surface area contributed by atoms with Crippen molar-refractivity contribution in [2.45, 2.75) is 26.2 Å². The van der Waals surface area contributed by atoms with E-state index in [1.165, 1.54) is 12.1 Å². The van der Waals surface area contributed by atoms with Gasteiger partial charge in [0.25, 0.3) is 0 Å². The fourth-order valence-electron chi connectivity index (χ4n) is 2.41. The van der Waals surface area contributed by atoms with Crippen LogP contribution in [-0.2, 0) is 11.2 Å². The first-order valence-electron chi connectivity index (χ1n) is 6.79. The number of benzene rings is 1. The second kappa shape index (κ2) is 6.15. The van der Waals surface area contributed by atoms with Gasteiger partial charge in [0.2, 0.25) is 5.91 Å². The van der Waals surface area contributed by atoms with Gasteiger partial charge >= 0.3 is 0 Å². The molecule has 19 heavy (non-hydrogen) atoms. The fourth-order valence-corrected chi connectivity index (χ4v) is 2.41. The van der Waals surface area contributed by atoms with E-state index in [1.54, 1.807) is 12.1 Å². The fraction of sp³-hybridized carbons (Fsp3) is 0.533. The number of hydrogen-bond donors (Lipinski definition) is 2. The Morgan fingerprint density at radius 3 is 2.84 bits per heavy atom. The van der Waals surface area contributed by atoms with Crippen LogP contribution >= 0.6 is 0 Å². The predicted molar refractivity (Wildman–Crippen MR) is 73.3 cm³/mol. The van der Waals surface area contributed by atoms with Crippen LogP contribution in [-0.4, -0.2) is 25.5 Å². The molecule has 0 atom stereocenters. The van der Waals surface area contributed by atoms with Gasteiger partial charge in [0.1, 0.15) is 5.82 Å². The Balaban J connectivity index is 1.81. The van der Waals surface area contributed by atoms with E-state index in [0.29, 0.717) is 12.1 Å². The van der Waals surface area contributed by atoms with E-state index in [-0.39, 0.29) is 23.6 Å². The Morgan fingerprint density at radius 2 is 2.16 bits per heavy atom. The molecule has 0 saturated carbocycles. The number of piperidine rings is 1. The first kappa shape index (κ1) is 14.0. The third-order valence-electron chi connectivity index (χ3n) is 3.78. The summed E-state index contributed by atoms with van der Waals surface area (Å²) in [6, 6.07) is 6.20. The smallest absolute Gasteiger partial charge is 0.224 e. The zero-order valence-corrected chi connectivity index (χ0v) is 11.3. The van der Waals surface area contributed by atoms with Crippen molar-refractivity contribution in [2.75, 3.05) is 19.6 Å². The molecule has 0 aromatic heterocycles. The normalized spacial score (nSPS) is 18.0. The molecule has 2 rings (SSSR count). The SMILES string of the molecule is CC1(CNC(=O)Cc2cccc(F)c2)CCNCC1. The third kappa shape index (κ3) is 4.31. The second-order valence-corrected chi connectivity index (χ2v) is 5.64. The minimum Gasteiger partial charge on any atom is -0.355 e. The van der Waals surface area contributed by atoms with Crippen LogP contribution in [0.25, 0.3) is 0 Å². The van der Waals surface area contributed by atoms with Crippen molar-refractivity contribution in [2.24, 2.45) is 5.41 Å². The monoisotopic (exact) mass is 264 g/mol. The number of nitrogens with one attached hydrogen (secondary N) is 2. The molecule has 0 aliphatic carbocycles. The van der Waals surface area contributed by atoms with Crippen LogP contribution in [0.5, 0.6) is 0 Å². The van der Waals surface area contributed by atoms with Crippen molar-refractivity contribution < 1.29 is 9.18 Å². The molecule has 1 aromatic rings. The highest BCUT2D eigenvalue weighted by molar-refractivity contribution is 5.78. The number of carbonyl (C=O) groups excluding carboxylic acids is 1. The predicted octanol–water partition coefficient (Wildman–Crippen LogP) is 1.87. The molecule has 104 valence electrons. The van der Waals surface area contributed by atoms with Crippen molar-refractivity contribution in [3.63, 3.8) is 0 Å². The largest absolute Gasteiger partial charge is 0.355 e. The Morgan fingerprint density at radius 1 is 1.42 bits per heavy atom. The first-order chi connectivity index (χ1) is 9.07. The summed E-state index contributed by atoms with van der Waals surface area (Å²) in [5.41, 5.74) is 0.899. The quantitative estimate of drug-likeness (QED) is 0.871. The van der Waals surface area contributed by atoms with Crippen LogP contribution in [0.4, 0.5) is 4.39 Å². The molecule has 1 aliphatic rings. The van der Waals surface area contributed by atoms with Gasteiger partial charge < -0.3 is 10.6 Å². The zero-order valence-electron chi connectivity index (χ0n) is 11.3. The van der Waals surface area contributed by atoms with Crippen LogP contribution in [0.15, 0.2) is 24.3 Å². The minimum absolute atomic E-state index is 0.0367. The highest BCUT2D eigenvalue weighted by atomic mass is 19.1. The highest BCUT2D eigenvalue weighted by Gasteiger charge is 2.26. The molecule has 1 amide bonds. The van der Waals surface area contributed by atoms with Crippen LogP contribution < -0.4 is 10.6 Å². The molecule has 3 nitrogen and oxygen atoms in total. The van der Waals surface area contributed by atoms with Gasteiger partial charge in [-0.1, -0.05) is 19.1 Å². The van der Waals surface area contributed by atoms with Crippen molar-refractivity contribution in [3.05, 3.63) is 35.6 Å². The number of carbonyl (C=O) groups is 1. The molecule has 2 N–H and O–H groups in total.